The predicted octanol–water partition coefficient (Wildman–Crippen LogP) is 3.03. The Morgan fingerprint density at radius 1 is 1.17 bits per heavy atom. The molecule has 2 fully saturated rings. The summed E-state index contributed by atoms with van der Waals surface area (Å²) in [6.45, 7) is 0. The highest BCUT2D eigenvalue weighted by atomic mass is 16.4. The Morgan fingerprint density at radius 3 is 2.83 bits per heavy atom. The van der Waals surface area contributed by atoms with Crippen molar-refractivity contribution in [3.05, 3.63) is 36.0 Å². The third kappa shape index (κ3) is 2.31. The van der Waals surface area contributed by atoms with Crippen molar-refractivity contribution in [1.29, 1.82) is 0 Å². The number of nitrogens with zero attached hydrogens (tertiary/aromatic N) is 1. The normalized spacial score (nSPS) is 27.1. The first-order chi connectivity index (χ1) is 11.1. The summed E-state index contributed by atoms with van der Waals surface area (Å²) >= 11 is 0. The van der Waals surface area contributed by atoms with Crippen LogP contribution in [-0.4, -0.2) is 39.0 Å². The first kappa shape index (κ1) is 14.3. The van der Waals surface area contributed by atoms with Gasteiger partial charge in [-0.3, -0.25) is 4.79 Å². The number of aromatic nitrogens is 1. The number of fused-ring (bicyclic) bond motifs is 2. The number of H-pyrrole nitrogens is 1. The van der Waals surface area contributed by atoms with Gasteiger partial charge in [-0.1, -0.05) is 18.9 Å². The number of carbonyl (C=O) groups excluding carboxylic acids is 1. The Hall–Kier alpha value is -2.30. The molecule has 2 aromatic rings. The third-order valence-corrected chi connectivity index (χ3v) is 5.41. The van der Waals surface area contributed by atoms with Gasteiger partial charge >= 0.3 is 5.97 Å². The number of carboxylic acids is 1. The molecule has 120 valence electrons. The predicted molar refractivity (Wildman–Crippen MR) is 86.3 cm³/mol. The van der Waals surface area contributed by atoms with E-state index in [-0.39, 0.29) is 11.9 Å². The minimum absolute atomic E-state index is 0.0803. The van der Waals surface area contributed by atoms with Crippen LogP contribution in [0.25, 0.3) is 10.9 Å². The van der Waals surface area contributed by atoms with E-state index in [2.05, 4.69) is 4.98 Å². The molecule has 0 radical (unpaired) electrons. The lowest BCUT2D eigenvalue weighted by atomic mass is 9.84. The van der Waals surface area contributed by atoms with Gasteiger partial charge in [-0.15, -0.1) is 0 Å². The molecule has 5 heteroatoms. The molecule has 1 aromatic carbocycles. The lowest BCUT2D eigenvalue weighted by Crippen LogP contribution is -2.46. The molecule has 23 heavy (non-hydrogen) atoms. The van der Waals surface area contributed by atoms with Crippen LogP contribution in [0.2, 0.25) is 0 Å². The van der Waals surface area contributed by atoms with Crippen LogP contribution >= 0.6 is 0 Å². The summed E-state index contributed by atoms with van der Waals surface area (Å²) in [5.41, 5.74) is 1.47. The minimum atomic E-state index is -0.881. The van der Waals surface area contributed by atoms with Crippen LogP contribution in [0.3, 0.4) is 0 Å². The van der Waals surface area contributed by atoms with Crippen molar-refractivity contribution in [3.63, 3.8) is 0 Å². The zero-order valence-corrected chi connectivity index (χ0v) is 12.9. The maximum Gasteiger partial charge on any atom is 0.326 e. The SMILES string of the molecule is O=C(O)C1CC2CCCCC2N1C(=O)c1ccc2cc[nH]c2c1. The summed E-state index contributed by atoms with van der Waals surface area (Å²) in [6, 6.07) is 6.88. The molecule has 0 spiro atoms. The molecule has 1 saturated heterocycles. The highest BCUT2D eigenvalue weighted by molar-refractivity contribution is 6.00. The van der Waals surface area contributed by atoms with Crippen molar-refractivity contribution in [3.8, 4) is 0 Å². The lowest BCUT2D eigenvalue weighted by Gasteiger charge is -2.33. The largest absolute Gasteiger partial charge is 0.480 e. The molecular formula is C18H20N2O3. The Bertz CT molecular complexity index is 766. The minimum Gasteiger partial charge on any atom is -0.480 e. The standard InChI is InChI=1S/C18H20N2O3/c21-17(13-6-5-11-7-8-19-14(11)9-13)20-15-4-2-1-3-12(15)10-16(20)18(22)23/h5-9,12,15-16,19H,1-4,10H2,(H,22,23). The van der Waals surface area contributed by atoms with E-state index in [0.29, 0.717) is 17.9 Å². The van der Waals surface area contributed by atoms with Crippen LogP contribution in [0.1, 0.15) is 42.5 Å². The summed E-state index contributed by atoms with van der Waals surface area (Å²) in [7, 11) is 0. The quantitative estimate of drug-likeness (QED) is 0.895. The number of nitrogens with one attached hydrogen (secondary N) is 1. The average Bonchev–Trinajstić information content (AvgIpc) is 3.17. The van der Waals surface area contributed by atoms with Crippen LogP contribution in [0, 0.1) is 5.92 Å². The monoisotopic (exact) mass is 312 g/mol. The van der Waals surface area contributed by atoms with Crippen molar-refractivity contribution in [2.45, 2.75) is 44.2 Å². The number of hydrogen-bond donors (Lipinski definition) is 2. The summed E-state index contributed by atoms with van der Waals surface area (Å²) in [5.74, 6) is -0.694. The number of aromatic amines is 1. The number of benzene rings is 1. The van der Waals surface area contributed by atoms with Gasteiger partial charge in [0.2, 0.25) is 0 Å². The fourth-order valence-electron chi connectivity index (χ4n) is 4.30. The van der Waals surface area contributed by atoms with E-state index in [4.69, 9.17) is 0 Å². The molecule has 1 amide bonds. The van der Waals surface area contributed by atoms with Gasteiger partial charge < -0.3 is 15.0 Å². The van der Waals surface area contributed by atoms with Gasteiger partial charge in [0.1, 0.15) is 6.04 Å². The van der Waals surface area contributed by atoms with Gasteiger partial charge in [0.15, 0.2) is 0 Å². The number of hydrogen-bond acceptors (Lipinski definition) is 2. The van der Waals surface area contributed by atoms with Crippen LogP contribution in [0.15, 0.2) is 30.5 Å². The van der Waals surface area contributed by atoms with Crippen molar-refractivity contribution in [2.24, 2.45) is 5.92 Å². The van der Waals surface area contributed by atoms with E-state index in [0.717, 1.165) is 36.6 Å². The van der Waals surface area contributed by atoms with Gasteiger partial charge in [-0.2, -0.15) is 0 Å². The highest BCUT2D eigenvalue weighted by Gasteiger charge is 2.47. The molecule has 3 atom stereocenters. The van der Waals surface area contributed by atoms with E-state index in [1.807, 2.05) is 24.4 Å². The molecule has 5 nitrogen and oxygen atoms in total. The van der Waals surface area contributed by atoms with Gasteiger partial charge in [-0.25, -0.2) is 4.79 Å². The maximum absolute atomic E-state index is 13.0. The Morgan fingerprint density at radius 2 is 2.00 bits per heavy atom. The van der Waals surface area contributed by atoms with Crippen molar-refractivity contribution in [1.82, 2.24) is 9.88 Å². The third-order valence-electron chi connectivity index (χ3n) is 5.41. The Labute approximate surface area is 134 Å². The van der Waals surface area contributed by atoms with Crippen LogP contribution in [0.4, 0.5) is 0 Å². The molecular weight excluding hydrogens is 292 g/mol. The number of carbonyl (C=O) groups is 2. The molecule has 2 heterocycles. The van der Waals surface area contributed by atoms with Gasteiger partial charge in [0.05, 0.1) is 0 Å². The molecule has 0 bridgehead atoms. The van der Waals surface area contributed by atoms with E-state index >= 15 is 0 Å². The number of likely N-dealkylation sites (tertiary alicyclic amines) is 1. The van der Waals surface area contributed by atoms with Crippen LogP contribution in [-0.2, 0) is 4.79 Å². The molecule has 3 unspecified atom stereocenters. The second-order valence-electron chi connectivity index (χ2n) is 6.69. The summed E-state index contributed by atoms with van der Waals surface area (Å²) in [5, 5.41) is 10.6. The summed E-state index contributed by atoms with van der Waals surface area (Å²) < 4.78 is 0. The molecule has 1 saturated carbocycles. The Balaban J connectivity index is 1.70. The summed E-state index contributed by atoms with van der Waals surface area (Å²) in [6.07, 6.45) is 6.61. The van der Waals surface area contributed by atoms with Gasteiger partial charge in [0, 0.05) is 23.3 Å². The zero-order chi connectivity index (χ0) is 16.0. The number of rotatable bonds is 2. The second-order valence-corrected chi connectivity index (χ2v) is 6.69. The zero-order valence-electron chi connectivity index (χ0n) is 12.9. The fourth-order valence-corrected chi connectivity index (χ4v) is 4.30. The maximum atomic E-state index is 13.0. The number of carboxylic acid groups (broad SMARTS) is 1. The van der Waals surface area contributed by atoms with E-state index < -0.39 is 12.0 Å². The topological polar surface area (TPSA) is 73.4 Å². The number of aliphatic carboxylic acids is 1. The molecule has 1 aliphatic carbocycles. The van der Waals surface area contributed by atoms with Crippen molar-refractivity contribution < 1.29 is 14.7 Å². The van der Waals surface area contributed by atoms with E-state index in [1.165, 1.54) is 0 Å². The summed E-state index contributed by atoms with van der Waals surface area (Å²) in [4.78, 5) is 29.5. The van der Waals surface area contributed by atoms with Crippen LogP contribution in [0.5, 0.6) is 0 Å². The fraction of sp³-hybridized carbons (Fsp3) is 0.444. The molecule has 1 aliphatic heterocycles. The smallest absolute Gasteiger partial charge is 0.326 e. The average molecular weight is 312 g/mol. The van der Waals surface area contributed by atoms with Gasteiger partial charge in [-0.05, 0) is 48.8 Å². The van der Waals surface area contributed by atoms with Crippen molar-refractivity contribution in [2.75, 3.05) is 0 Å². The van der Waals surface area contributed by atoms with E-state index in [9.17, 15) is 14.7 Å². The molecule has 4 rings (SSSR count). The Kier molecular flexibility index (Phi) is 3.36. The highest BCUT2D eigenvalue weighted by Crippen LogP contribution is 2.40. The lowest BCUT2D eigenvalue weighted by molar-refractivity contribution is -0.141. The van der Waals surface area contributed by atoms with Crippen LogP contribution < -0.4 is 0 Å². The molecule has 2 N–H and O–H groups in total. The molecule has 2 aliphatic rings. The first-order valence-corrected chi connectivity index (χ1v) is 8.28. The van der Waals surface area contributed by atoms with E-state index in [1.54, 1.807) is 11.0 Å². The van der Waals surface area contributed by atoms with Crippen molar-refractivity contribution >= 4 is 22.8 Å². The molecule has 1 aromatic heterocycles. The number of amides is 1. The van der Waals surface area contributed by atoms with Gasteiger partial charge in [0.25, 0.3) is 5.91 Å². The second kappa shape index (κ2) is 5.41. The first-order valence-electron chi connectivity index (χ1n) is 8.28.